The third-order valence-corrected chi connectivity index (χ3v) is 3.05. The first kappa shape index (κ1) is 19.3. The molecule has 0 spiro atoms. The fourth-order valence-electron chi connectivity index (χ4n) is 1.97. The van der Waals surface area contributed by atoms with E-state index in [1.165, 1.54) is 11.9 Å². The quantitative estimate of drug-likeness (QED) is 0.866. The van der Waals surface area contributed by atoms with Crippen LogP contribution in [0.4, 0.5) is 13.6 Å². The van der Waals surface area contributed by atoms with Crippen molar-refractivity contribution in [3.05, 3.63) is 35.4 Å². The lowest BCUT2D eigenvalue weighted by Crippen LogP contribution is -2.46. The molecule has 0 aromatic heterocycles. The number of nitrogens with two attached hydrogens (primary N) is 1. The van der Waals surface area contributed by atoms with Gasteiger partial charge in [-0.2, -0.15) is 0 Å². The summed E-state index contributed by atoms with van der Waals surface area (Å²) in [5.74, 6) is -1.40. The van der Waals surface area contributed by atoms with Crippen LogP contribution in [-0.2, 0) is 11.2 Å². The van der Waals surface area contributed by atoms with Crippen molar-refractivity contribution in [1.29, 1.82) is 0 Å². The lowest BCUT2D eigenvalue weighted by atomic mass is 10.0. The molecule has 1 aromatic carbocycles. The van der Waals surface area contributed by atoms with Gasteiger partial charge in [0.25, 0.3) is 0 Å². The molecule has 23 heavy (non-hydrogen) atoms. The van der Waals surface area contributed by atoms with E-state index in [9.17, 15) is 18.7 Å². The summed E-state index contributed by atoms with van der Waals surface area (Å²) in [4.78, 5) is 13.0. The zero-order valence-corrected chi connectivity index (χ0v) is 13.8. The first-order chi connectivity index (χ1) is 10.5. The second-order valence-electron chi connectivity index (χ2n) is 6.57. The molecule has 5 nitrogen and oxygen atoms in total. The van der Waals surface area contributed by atoms with Crippen LogP contribution in [0.25, 0.3) is 0 Å². The maximum absolute atomic E-state index is 13.1. The number of likely N-dealkylation sites (N-methyl/N-ethyl adjacent to an activating group) is 1. The molecular formula is C16H24F2N2O3. The average molecular weight is 330 g/mol. The van der Waals surface area contributed by atoms with Crippen molar-refractivity contribution < 1.29 is 23.4 Å². The predicted molar refractivity (Wildman–Crippen MR) is 82.9 cm³/mol. The molecule has 3 N–H and O–H groups in total. The van der Waals surface area contributed by atoms with E-state index >= 15 is 0 Å². The van der Waals surface area contributed by atoms with Crippen molar-refractivity contribution in [2.75, 3.05) is 13.6 Å². The van der Waals surface area contributed by atoms with Gasteiger partial charge in [-0.3, -0.25) is 0 Å². The molecule has 0 aliphatic carbocycles. The predicted octanol–water partition coefficient (Wildman–Crippen LogP) is 2.06. The Bertz CT molecular complexity index is 526. The summed E-state index contributed by atoms with van der Waals surface area (Å²) in [7, 11) is 1.48. The minimum absolute atomic E-state index is 0.0477. The van der Waals surface area contributed by atoms with E-state index < -0.39 is 35.5 Å². The highest BCUT2D eigenvalue weighted by Gasteiger charge is 2.24. The van der Waals surface area contributed by atoms with Gasteiger partial charge < -0.3 is 20.5 Å². The van der Waals surface area contributed by atoms with Crippen molar-refractivity contribution in [2.24, 2.45) is 5.73 Å². The molecule has 1 rings (SSSR count). The molecule has 0 saturated heterocycles. The molecule has 0 heterocycles. The number of carbonyl (C=O) groups excluding carboxylic acids is 1. The summed E-state index contributed by atoms with van der Waals surface area (Å²) in [6.07, 6.45) is -1.56. The van der Waals surface area contributed by atoms with Crippen LogP contribution in [0.2, 0.25) is 0 Å². The Kier molecular flexibility index (Phi) is 6.47. The first-order valence-corrected chi connectivity index (χ1v) is 7.30. The van der Waals surface area contributed by atoms with Gasteiger partial charge in [-0.05, 0) is 44.9 Å². The maximum atomic E-state index is 13.1. The van der Waals surface area contributed by atoms with Gasteiger partial charge in [0.2, 0.25) is 0 Å². The van der Waals surface area contributed by atoms with Crippen LogP contribution >= 0.6 is 0 Å². The fraction of sp³-hybridized carbons (Fsp3) is 0.562. The zero-order valence-electron chi connectivity index (χ0n) is 13.8. The first-order valence-electron chi connectivity index (χ1n) is 7.30. The average Bonchev–Trinajstić information content (AvgIpc) is 2.34. The van der Waals surface area contributed by atoms with Gasteiger partial charge in [0, 0.05) is 19.2 Å². The molecule has 0 fully saturated rings. The Morgan fingerprint density at radius 2 is 1.83 bits per heavy atom. The van der Waals surface area contributed by atoms with E-state index in [2.05, 4.69) is 0 Å². The molecule has 0 aliphatic heterocycles. The molecule has 7 heteroatoms. The summed E-state index contributed by atoms with van der Waals surface area (Å²) in [6.45, 7) is 5.16. The number of nitrogens with zero attached hydrogens (tertiary/aromatic N) is 1. The largest absolute Gasteiger partial charge is 0.444 e. The second-order valence-corrected chi connectivity index (χ2v) is 6.57. The van der Waals surface area contributed by atoms with E-state index in [0.717, 1.165) is 18.2 Å². The fourth-order valence-corrected chi connectivity index (χ4v) is 1.97. The van der Waals surface area contributed by atoms with Crippen LogP contribution in [-0.4, -0.2) is 47.4 Å². The third kappa shape index (κ3) is 6.92. The van der Waals surface area contributed by atoms with Crippen LogP contribution in [0.5, 0.6) is 0 Å². The van der Waals surface area contributed by atoms with E-state index in [0.29, 0.717) is 5.56 Å². The molecule has 0 saturated carbocycles. The van der Waals surface area contributed by atoms with Crippen molar-refractivity contribution in [3.8, 4) is 0 Å². The minimum atomic E-state index is -1.06. The van der Waals surface area contributed by atoms with Crippen LogP contribution in [0.1, 0.15) is 26.3 Å². The topological polar surface area (TPSA) is 75.8 Å². The number of aliphatic hydroxyl groups is 1. The normalized spacial score (nSPS) is 14.3. The Hall–Kier alpha value is -1.73. The van der Waals surface area contributed by atoms with Crippen LogP contribution in [0.15, 0.2) is 18.2 Å². The highest BCUT2D eigenvalue weighted by molar-refractivity contribution is 5.67. The number of carbonyl (C=O) groups is 1. The molecule has 130 valence electrons. The van der Waals surface area contributed by atoms with Crippen LogP contribution < -0.4 is 5.73 Å². The molecule has 2 atom stereocenters. The SMILES string of the molecule is CN(C[C@@H](O)[C@@H](N)Cc1cc(F)cc(F)c1)C(=O)OC(C)(C)C. The number of amides is 1. The number of aliphatic hydroxyl groups excluding tert-OH is 1. The Balaban J connectivity index is 2.59. The number of ether oxygens (including phenoxy) is 1. The summed E-state index contributed by atoms with van der Waals surface area (Å²) in [5, 5.41) is 10.1. The van der Waals surface area contributed by atoms with E-state index in [-0.39, 0.29) is 13.0 Å². The van der Waals surface area contributed by atoms with E-state index in [1.807, 2.05) is 0 Å². The number of benzene rings is 1. The van der Waals surface area contributed by atoms with Gasteiger partial charge in [-0.1, -0.05) is 0 Å². The third-order valence-electron chi connectivity index (χ3n) is 3.05. The lowest BCUT2D eigenvalue weighted by molar-refractivity contribution is 0.0182. The maximum Gasteiger partial charge on any atom is 0.410 e. The van der Waals surface area contributed by atoms with Gasteiger partial charge in [-0.25, -0.2) is 13.6 Å². The molecule has 1 amide bonds. The van der Waals surface area contributed by atoms with Crippen molar-refractivity contribution in [1.82, 2.24) is 4.90 Å². The highest BCUT2D eigenvalue weighted by Crippen LogP contribution is 2.12. The molecule has 0 radical (unpaired) electrons. The monoisotopic (exact) mass is 330 g/mol. The zero-order chi connectivity index (χ0) is 17.8. The number of halogens is 2. The van der Waals surface area contributed by atoms with E-state index in [1.54, 1.807) is 20.8 Å². The van der Waals surface area contributed by atoms with Gasteiger partial charge in [0.15, 0.2) is 0 Å². The summed E-state index contributed by atoms with van der Waals surface area (Å²) >= 11 is 0. The van der Waals surface area contributed by atoms with E-state index in [4.69, 9.17) is 10.5 Å². The summed E-state index contributed by atoms with van der Waals surface area (Å²) in [5.41, 5.74) is 5.55. The summed E-state index contributed by atoms with van der Waals surface area (Å²) in [6, 6.07) is 2.31. The van der Waals surface area contributed by atoms with Crippen LogP contribution in [0, 0.1) is 11.6 Å². The Labute approximate surface area is 135 Å². The number of hydrogen-bond acceptors (Lipinski definition) is 4. The lowest BCUT2D eigenvalue weighted by Gasteiger charge is -2.28. The van der Waals surface area contributed by atoms with Crippen molar-refractivity contribution in [3.63, 3.8) is 0 Å². The number of rotatable bonds is 5. The Morgan fingerprint density at radius 1 is 1.30 bits per heavy atom. The van der Waals surface area contributed by atoms with Gasteiger partial charge in [0.05, 0.1) is 12.6 Å². The van der Waals surface area contributed by atoms with Crippen molar-refractivity contribution in [2.45, 2.75) is 44.9 Å². The molecule has 0 bridgehead atoms. The second kappa shape index (κ2) is 7.70. The molecule has 1 aromatic rings. The molecule has 0 aliphatic rings. The molecule has 0 unspecified atom stereocenters. The van der Waals surface area contributed by atoms with Crippen LogP contribution in [0.3, 0.4) is 0 Å². The smallest absolute Gasteiger partial charge is 0.410 e. The van der Waals surface area contributed by atoms with Crippen molar-refractivity contribution >= 4 is 6.09 Å². The van der Waals surface area contributed by atoms with Gasteiger partial charge in [-0.15, -0.1) is 0 Å². The summed E-state index contributed by atoms with van der Waals surface area (Å²) < 4.78 is 31.4. The standard InChI is InChI=1S/C16H24F2N2O3/c1-16(2,3)23-15(22)20(4)9-14(21)13(19)7-10-5-11(17)8-12(18)6-10/h5-6,8,13-14,21H,7,9,19H2,1-4H3/t13-,14+/m0/s1. The van der Waals surface area contributed by atoms with Gasteiger partial charge in [0.1, 0.15) is 17.2 Å². The molecular weight excluding hydrogens is 306 g/mol. The Morgan fingerprint density at radius 3 is 2.30 bits per heavy atom. The number of hydrogen-bond donors (Lipinski definition) is 2. The minimum Gasteiger partial charge on any atom is -0.444 e. The van der Waals surface area contributed by atoms with Gasteiger partial charge >= 0.3 is 6.09 Å². The highest BCUT2D eigenvalue weighted by atomic mass is 19.1.